The quantitative estimate of drug-likeness (QED) is 0.671. The molecule has 0 saturated heterocycles. The third kappa shape index (κ3) is 2.03. The van der Waals surface area contributed by atoms with Crippen molar-refractivity contribution in [3.05, 3.63) is 23.8 Å². The van der Waals surface area contributed by atoms with E-state index in [0.717, 1.165) is 11.5 Å². The zero-order valence-electron chi connectivity index (χ0n) is 8.20. The molecular formula is C10H16N2. The zero-order chi connectivity index (χ0) is 9.14. The molecule has 2 nitrogen and oxygen atoms in total. The second-order valence-corrected chi connectivity index (χ2v) is 3.56. The number of hydrogen-bond donors (Lipinski definition) is 0. The first-order valence-electron chi connectivity index (χ1n) is 4.41. The second-order valence-electron chi connectivity index (χ2n) is 3.56. The Labute approximate surface area is 74.1 Å². The van der Waals surface area contributed by atoms with Crippen molar-refractivity contribution in [1.29, 1.82) is 0 Å². The molecule has 0 aliphatic rings. The Hall–Kier alpha value is -0.920. The lowest BCUT2D eigenvalue weighted by molar-refractivity contribution is 0.521. The summed E-state index contributed by atoms with van der Waals surface area (Å²) in [7, 11) is 0. The van der Waals surface area contributed by atoms with E-state index in [-0.39, 0.29) is 0 Å². The van der Waals surface area contributed by atoms with Crippen LogP contribution in [0.3, 0.4) is 0 Å². The predicted octanol–water partition coefficient (Wildman–Crippen LogP) is 2.54. The lowest BCUT2D eigenvalue weighted by Crippen LogP contribution is -2.05. The molecule has 0 aromatic carbocycles. The van der Waals surface area contributed by atoms with E-state index in [0.29, 0.717) is 11.8 Å². The maximum Gasteiger partial charge on any atom is 0.125 e. The standard InChI is InChI=1S/C10H16N2/c1-7(2)8(3)10-5-6-11-9(4)12-10/h5-8H,1-4H3. The molecule has 66 valence electrons. The van der Waals surface area contributed by atoms with E-state index in [9.17, 15) is 0 Å². The molecule has 0 fully saturated rings. The first kappa shape index (κ1) is 9.17. The minimum Gasteiger partial charge on any atom is -0.242 e. The van der Waals surface area contributed by atoms with Gasteiger partial charge in [0, 0.05) is 17.8 Å². The van der Waals surface area contributed by atoms with Gasteiger partial charge in [-0.3, -0.25) is 0 Å². The van der Waals surface area contributed by atoms with Gasteiger partial charge in [0.25, 0.3) is 0 Å². The van der Waals surface area contributed by atoms with Crippen LogP contribution in [-0.4, -0.2) is 9.97 Å². The summed E-state index contributed by atoms with van der Waals surface area (Å²) in [6.45, 7) is 8.55. The topological polar surface area (TPSA) is 25.8 Å². The maximum atomic E-state index is 4.38. The zero-order valence-corrected chi connectivity index (χ0v) is 8.20. The van der Waals surface area contributed by atoms with Crippen LogP contribution in [0.1, 0.15) is 38.2 Å². The monoisotopic (exact) mass is 164 g/mol. The molecule has 0 radical (unpaired) electrons. The van der Waals surface area contributed by atoms with Crippen LogP contribution in [0.25, 0.3) is 0 Å². The highest BCUT2D eigenvalue weighted by atomic mass is 14.9. The SMILES string of the molecule is Cc1nccc(C(C)C(C)C)n1. The first-order chi connectivity index (χ1) is 5.61. The lowest BCUT2D eigenvalue weighted by Gasteiger charge is -2.14. The number of hydrogen-bond acceptors (Lipinski definition) is 2. The van der Waals surface area contributed by atoms with Gasteiger partial charge in [-0.05, 0) is 18.9 Å². The Bertz CT molecular complexity index is 256. The van der Waals surface area contributed by atoms with Gasteiger partial charge in [-0.15, -0.1) is 0 Å². The smallest absolute Gasteiger partial charge is 0.125 e. The number of rotatable bonds is 2. The van der Waals surface area contributed by atoms with Crippen molar-refractivity contribution in [3.8, 4) is 0 Å². The van der Waals surface area contributed by atoms with E-state index < -0.39 is 0 Å². The summed E-state index contributed by atoms with van der Waals surface area (Å²) in [5, 5.41) is 0. The molecule has 1 heterocycles. The van der Waals surface area contributed by atoms with Crippen LogP contribution < -0.4 is 0 Å². The van der Waals surface area contributed by atoms with E-state index >= 15 is 0 Å². The van der Waals surface area contributed by atoms with Crippen LogP contribution in [0.2, 0.25) is 0 Å². The molecule has 0 aliphatic heterocycles. The molecule has 1 unspecified atom stereocenters. The second kappa shape index (κ2) is 3.65. The minimum absolute atomic E-state index is 0.520. The van der Waals surface area contributed by atoms with E-state index in [1.54, 1.807) is 0 Å². The highest BCUT2D eigenvalue weighted by Gasteiger charge is 2.10. The third-order valence-corrected chi connectivity index (χ3v) is 2.26. The van der Waals surface area contributed by atoms with Crippen molar-refractivity contribution in [2.24, 2.45) is 5.92 Å². The summed E-state index contributed by atoms with van der Waals surface area (Å²) in [6, 6.07) is 2.00. The number of aromatic nitrogens is 2. The van der Waals surface area contributed by atoms with E-state index in [2.05, 4.69) is 30.7 Å². The van der Waals surface area contributed by atoms with Crippen molar-refractivity contribution in [3.63, 3.8) is 0 Å². The molecule has 1 aromatic heterocycles. The predicted molar refractivity (Wildman–Crippen MR) is 50.0 cm³/mol. The van der Waals surface area contributed by atoms with Crippen molar-refractivity contribution in [2.75, 3.05) is 0 Å². The van der Waals surface area contributed by atoms with Crippen molar-refractivity contribution >= 4 is 0 Å². The highest BCUT2D eigenvalue weighted by molar-refractivity contribution is 5.07. The van der Waals surface area contributed by atoms with Gasteiger partial charge in [0.2, 0.25) is 0 Å². The average Bonchev–Trinajstić information content (AvgIpc) is 2.03. The molecule has 0 N–H and O–H groups in total. The Kier molecular flexibility index (Phi) is 2.79. The van der Waals surface area contributed by atoms with Crippen LogP contribution in [0.4, 0.5) is 0 Å². The van der Waals surface area contributed by atoms with Gasteiger partial charge in [-0.1, -0.05) is 20.8 Å². The Morgan fingerprint density at radius 1 is 1.25 bits per heavy atom. The van der Waals surface area contributed by atoms with E-state index in [4.69, 9.17) is 0 Å². The minimum atomic E-state index is 0.520. The third-order valence-electron chi connectivity index (χ3n) is 2.26. The molecule has 12 heavy (non-hydrogen) atoms. The molecule has 0 aliphatic carbocycles. The summed E-state index contributed by atoms with van der Waals surface area (Å²) < 4.78 is 0. The van der Waals surface area contributed by atoms with Gasteiger partial charge >= 0.3 is 0 Å². The first-order valence-corrected chi connectivity index (χ1v) is 4.41. The molecule has 2 heteroatoms. The van der Waals surface area contributed by atoms with Gasteiger partial charge in [0.05, 0.1) is 0 Å². The summed E-state index contributed by atoms with van der Waals surface area (Å²) in [5.41, 5.74) is 1.15. The Balaban J connectivity index is 2.88. The van der Waals surface area contributed by atoms with Crippen molar-refractivity contribution in [2.45, 2.75) is 33.6 Å². The average molecular weight is 164 g/mol. The molecule has 0 spiro atoms. The molecular weight excluding hydrogens is 148 g/mol. The summed E-state index contributed by atoms with van der Waals surface area (Å²) in [6.07, 6.45) is 1.83. The van der Waals surface area contributed by atoms with Crippen LogP contribution in [0.5, 0.6) is 0 Å². The lowest BCUT2D eigenvalue weighted by atomic mass is 9.94. The molecule has 0 saturated carbocycles. The fourth-order valence-corrected chi connectivity index (χ4v) is 1.07. The highest BCUT2D eigenvalue weighted by Crippen LogP contribution is 2.20. The summed E-state index contributed by atoms with van der Waals surface area (Å²) >= 11 is 0. The normalized spacial score (nSPS) is 13.4. The summed E-state index contributed by atoms with van der Waals surface area (Å²) in [5.74, 6) is 2.02. The fraction of sp³-hybridized carbons (Fsp3) is 0.600. The Morgan fingerprint density at radius 2 is 1.92 bits per heavy atom. The van der Waals surface area contributed by atoms with E-state index in [1.807, 2.05) is 19.2 Å². The van der Waals surface area contributed by atoms with Crippen LogP contribution >= 0.6 is 0 Å². The van der Waals surface area contributed by atoms with Gasteiger partial charge in [0.1, 0.15) is 5.82 Å². The Morgan fingerprint density at radius 3 is 2.42 bits per heavy atom. The molecule has 1 rings (SSSR count). The largest absolute Gasteiger partial charge is 0.242 e. The number of nitrogens with zero attached hydrogens (tertiary/aromatic N) is 2. The van der Waals surface area contributed by atoms with Crippen LogP contribution in [-0.2, 0) is 0 Å². The summed E-state index contributed by atoms with van der Waals surface area (Å²) in [4.78, 5) is 8.45. The van der Waals surface area contributed by atoms with Crippen molar-refractivity contribution in [1.82, 2.24) is 9.97 Å². The van der Waals surface area contributed by atoms with Gasteiger partial charge in [-0.25, -0.2) is 9.97 Å². The number of aryl methyl sites for hydroxylation is 1. The van der Waals surface area contributed by atoms with E-state index in [1.165, 1.54) is 0 Å². The van der Waals surface area contributed by atoms with Gasteiger partial charge in [0.15, 0.2) is 0 Å². The van der Waals surface area contributed by atoms with Gasteiger partial charge in [-0.2, -0.15) is 0 Å². The fourth-order valence-electron chi connectivity index (χ4n) is 1.07. The molecule has 1 aromatic rings. The van der Waals surface area contributed by atoms with Crippen LogP contribution in [0, 0.1) is 12.8 Å². The molecule has 1 atom stereocenters. The maximum absolute atomic E-state index is 4.38. The van der Waals surface area contributed by atoms with Crippen molar-refractivity contribution < 1.29 is 0 Å². The van der Waals surface area contributed by atoms with Gasteiger partial charge < -0.3 is 0 Å². The molecule has 0 amide bonds. The van der Waals surface area contributed by atoms with Crippen LogP contribution in [0.15, 0.2) is 12.3 Å². The molecule has 0 bridgehead atoms.